The lowest BCUT2D eigenvalue weighted by atomic mass is 9.82. The molecule has 0 spiro atoms. The maximum atomic E-state index is 12.9. The Hall–Kier alpha value is -1.10. The second kappa shape index (κ2) is 5.95. The molecule has 2 fully saturated rings. The van der Waals surface area contributed by atoms with Crippen molar-refractivity contribution in [1.82, 2.24) is 10.2 Å². The van der Waals surface area contributed by atoms with Gasteiger partial charge in [0.2, 0.25) is 11.8 Å². The van der Waals surface area contributed by atoms with Gasteiger partial charge in [-0.05, 0) is 51.9 Å². The zero-order valence-electron chi connectivity index (χ0n) is 13.7. The molecule has 5 nitrogen and oxygen atoms in total. The molecule has 1 aliphatic carbocycles. The molecule has 1 saturated heterocycles. The van der Waals surface area contributed by atoms with E-state index in [1.807, 2.05) is 25.7 Å². The number of rotatable bonds is 7. The van der Waals surface area contributed by atoms with E-state index < -0.39 is 11.1 Å². The van der Waals surface area contributed by atoms with Gasteiger partial charge >= 0.3 is 0 Å². The van der Waals surface area contributed by atoms with Gasteiger partial charge in [0, 0.05) is 20.3 Å². The summed E-state index contributed by atoms with van der Waals surface area (Å²) >= 11 is 0. The van der Waals surface area contributed by atoms with Crippen LogP contribution < -0.4 is 5.32 Å². The molecule has 2 rings (SSSR count). The van der Waals surface area contributed by atoms with Crippen molar-refractivity contribution in [3.8, 4) is 0 Å². The highest BCUT2D eigenvalue weighted by molar-refractivity contribution is 6.02. The van der Waals surface area contributed by atoms with Crippen molar-refractivity contribution in [3.63, 3.8) is 0 Å². The van der Waals surface area contributed by atoms with Crippen LogP contribution in [0, 0.1) is 5.92 Å². The summed E-state index contributed by atoms with van der Waals surface area (Å²) in [6, 6.07) is 0. The van der Waals surface area contributed by atoms with E-state index >= 15 is 0 Å². The lowest BCUT2D eigenvalue weighted by Gasteiger charge is -2.50. The van der Waals surface area contributed by atoms with E-state index in [1.165, 1.54) is 0 Å². The molecule has 5 heteroatoms. The van der Waals surface area contributed by atoms with Crippen LogP contribution in [0.4, 0.5) is 0 Å². The van der Waals surface area contributed by atoms with Gasteiger partial charge in [-0.15, -0.1) is 0 Å². The maximum absolute atomic E-state index is 12.9. The van der Waals surface area contributed by atoms with Crippen LogP contribution in [0.3, 0.4) is 0 Å². The first-order valence-electron chi connectivity index (χ1n) is 8.03. The first-order chi connectivity index (χ1) is 9.90. The fraction of sp³-hybridized carbons (Fsp3) is 0.875. The molecule has 0 aromatic rings. The number of hydrogen-bond donors (Lipinski definition) is 1. The number of unbranched alkanes of at least 4 members (excludes halogenated alkanes) is 1. The van der Waals surface area contributed by atoms with Gasteiger partial charge in [0.1, 0.15) is 11.1 Å². The molecule has 120 valence electrons. The van der Waals surface area contributed by atoms with E-state index in [9.17, 15) is 9.59 Å². The van der Waals surface area contributed by atoms with Gasteiger partial charge in [0.25, 0.3) is 0 Å². The van der Waals surface area contributed by atoms with Crippen LogP contribution >= 0.6 is 0 Å². The molecule has 1 saturated carbocycles. The van der Waals surface area contributed by atoms with E-state index in [1.54, 1.807) is 7.11 Å². The molecule has 0 radical (unpaired) electrons. The predicted octanol–water partition coefficient (Wildman–Crippen LogP) is 1.71. The largest absolute Gasteiger partial charge is 0.385 e. The molecule has 0 aromatic heterocycles. The minimum absolute atomic E-state index is 0.0145. The van der Waals surface area contributed by atoms with Crippen molar-refractivity contribution < 1.29 is 14.3 Å². The number of nitrogens with zero attached hydrogens (tertiary/aromatic N) is 1. The number of methoxy groups -OCH3 is 1. The van der Waals surface area contributed by atoms with Gasteiger partial charge < -0.3 is 15.0 Å². The summed E-state index contributed by atoms with van der Waals surface area (Å²) in [4.78, 5) is 27.5. The van der Waals surface area contributed by atoms with Crippen molar-refractivity contribution in [2.24, 2.45) is 5.92 Å². The average molecular weight is 296 g/mol. The highest BCUT2D eigenvalue weighted by Gasteiger charge is 2.59. The smallest absolute Gasteiger partial charge is 0.248 e. The van der Waals surface area contributed by atoms with E-state index in [-0.39, 0.29) is 11.8 Å². The first-order valence-corrected chi connectivity index (χ1v) is 8.03. The third kappa shape index (κ3) is 2.80. The fourth-order valence-corrected chi connectivity index (χ4v) is 3.20. The maximum Gasteiger partial charge on any atom is 0.248 e. The van der Waals surface area contributed by atoms with Crippen molar-refractivity contribution in [1.29, 1.82) is 0 Å². The van der Waals surface area contributed by atoms with E-state index in [0.29, 0.717) is 25.5 Å². The van der Waals surface area contributed by atoms with E-state index in [4.69, 9.17) is 4.74 Å². The molecular weight excluding hydrogens is 268 g/mol. The molecule has 2 unspecified atom stereocenters. The van der Waals surface area contributed by atoms with E-state index in [0.717, 1.165) is 25.7 Å². The highest BCUT2D eigenvalue weighted by Crippen LogP contribution is 2.46. The molecular formula is C16H28N2O3. The SMILES string of the molecule is CCC1(C)NC(=O)C(C)(C2CC2)N(CCCCOC)C1=O. The lowest BCUT2D eigenvalue weighted by Crippen LogP contribution is -2.74. The molecule has 1 heterocycles. The third-order valence-corrected chi connectivity index (χ3v) is 5.19. The van der Waals surface area contributed by atoms with Crippen molar-refractivity contribution in [3.05, 3.63) is 0 Å². The Morgan fingerprint density at radius 1 is 1.29 bits per heavy atom. The van der Waals surface area contributed by atoms with E-state index in [2.05, 4.69) is 5.32 Å². The third-order valence-electron chi connectivity index (χ3n) is 5.19. The zero-order chi connectivity index (χ0) is 15.7. The molecule has 2 aliphatic rings. The van der Waals surface area contributed by atoms with Gasteiger partial charge in [-0.25, -0.2) is 0 Å². The molecule has 1 N–H and O–H groups in total. The summed E-state index contributed by atoms with van der Waals surface area (Å²) in [6.07, 6.45) is 4.47. The van der Waals surface area contributed by atoms with Crippen molar-refractivity contribution in [2.75, 3.05) is 20.3 Å². The summed E-state index contributed by atoms with van der Waals surface area (Å²) in [5.41, 5.74) is -1.43. The number of carbonyl (C=O) groups excluding carboxylic acids is 2. The van der Waals surface area contributed by atoms with Gasteiger partial charge in [0.05, 0.1) is 0 Å². The van der Waals surface area contributed by atoms with Gasteiger partial charge in [-0.1, -0.05) is 6.92 Å². The van der Waals surface area contributed by atoms with Crippen LogP contribution in [0.2, 0.25) is 0 Å². The van der Waals surface area contributed by atoms with Crippen molar-refractivity contribution in [2.45, 2.75) is 64.0 Å². The van der Waals surface area contributed by atoms with Crippen LogP contribution in [0.5, 0.6) is 0 Å². The highest BCUT2D eigenvalue weighted by atomic mass is 16.5. The topological polar surface area (TPSA) is 58.6 Å². The first kappa shape index (κ1) is 16.3. The summed E-state index contributed by atoms with van der Waals surface area (Å²) in [7, 11) is 1.68. The summed E-state index contributed by atoms with van der Waals surface area (Å²) < 4.78 is 5.07. The number of nitrogens with one attached hydrogen (secondary N) is 1. The Kier molecular flexibility index (Phi) is 4.61. The van der Waals surface area contributed by atoms with Gasteiger partial charge in [0.15, 0.2) is 0 Å². The quantitative estimate of drug-likeness (QED) is 0.728. The molecule has 21 heavy (non-hydrogen) atoms. The minimum Gasteiger partial charge on any atom is -0.385 e. The normalized spacial score (nSPS) is 33.2. The molecule has 1 aliphatic heterocycles. The second-order valence-electron chi connectivity index (χ2n) is 6.72. The molecule has 0 aromatic carbocycles. The molecule has 0 bridgehead atoms. The van der Waals surface area contributed by atoms with Crippen LogP contribution in [0.1, 0.15) is 52.9 Å². The summed E-state index contributed by atoms with van der Waals surface area (Å²) in [5.74, 6) is 0.391. The Morgan fingerprint density at radius 3 is 2.48 bits per heavy atom. The molecule has 2 amide bonds. The fourth-order valence-electron chi connectivity index (χ4n) is 3.20. The van der Waals surface area contributed by atoms with Gasteiger partial charge in [-0.3, -0.25) is 9.59 Å². The Bertz CT molecular complexity index is 422. The minimum atomic E-state index is -0.757. The Labute approximate surface area is 127 Å². The lowest BCUT2D eigenvalue weighted by molar-refractivity contribution is -0.163. The number of hydrogen-bond acceptors (Lipinski definition) is 3. The monoisotopic (exact) mass is 296 g/mol. The van der Waals surface area contributed by atoms with Crippen LogP contribution in [-0.2, 0) is 14.3 Å². The summed E-state index contributed by atoms with van der Waals surface area (Å²) in [6.45, 7) is 7.05. The van der Waals surface area contributed by atoms with Crippen LogP contribution in [0.25, 0.3) is 0 Å². The standard InChI is InChI=1S/C16H28N2O3/c1-5-15(2)14(20)18(10-6-7-11-21-4)16(3,12-8-9-12)13(19)17-15/h12H,5-11H2,1-4H3,(H,17,19). The van der Waals surface area contributed by atoms with Crippen LogP contribution in [-0.4, -0.2) is 48.1 Å². The summed E-state index contributed by atoms with van der Waals surface area (Å²) in [5, 5.41) is 2.98. The average Bonchev–Trinajstić information content (AvgIpc) is 3.29. The van der Waals surface area contributed by atoms with Crippen LogP contribution in [0.15, 0.2) is 0 Å². The molecule has 2 atom stereocenters. The number of carbonyl (C=O) groups is 2. The van der Waals surface area contributed by atoms with Gasteiger partial charge in [-0.2, -0.15) is 0 Å². The number of ether oxygens (including phenoxy) is 1. The Balaban J connectivity index is 2.19. The van der Waals surface area contributed by atoms with Crippen molar-refractivity contribution >= 4 is 11.8 Å². The second-order valence-corrected chi connectivity index (χ2v) is 6.72. The predicted molar refractivity (Wildman–Crippen MR) is 80.8 cm³/mol. The number of amides is 2. The number of piperazine rings is 1. The Morgan fingerprint density at radius 2 is 1.95 bits per heavy atom. The zero-order valence-corrected chi connectivity index (χ0v) is 13.7.